The van der Waals surface area contributed by atoms with Gasteiger partial charge in [-0.1, -0.05) is 0 Å². The zero-order valence-corrected chi connectivity index (χ0v) is 12.2. The molecule has 3 rings (SSSR count). The first-order valence-corrected chi connectivity index (χ1v) is 6.74. The number of hydrogen-bond acceptors (Lipinski definition) is 5. The summed E-state index contributed by atoms with van der Waals surface area (Å²) in [5.74, 6) is 0.112. The predicted octanol–water partition coefficient (Wildman–Crippen LogP) is 0.577. The number of nitrogens with zero attached hydrogens (tertiary/aromatic N) is 5. The van der Waals surface area contributed by atoms with Crippen LogP contribution in [0.1, 0.15) is 31.1 Å². The summed E-state index contributed by atoms with van der Waals surface area (Å²) in [5, 5.41) is 11.6. The van der Waals surface area contributed by atoms with Gasteiger partial charge in [0.25, 0.3) is 0 Å². The summed E-state index contributed by atoms with van der Waals surface area (Å²) in [6, 6.07) is -0.401. The van der Waals surface area contributed by atoms with E-state index in [1.807, 2.05) is 25.5 Å². The summed E-state index contributed by atoms with van der Waals surface area (Å²) < 4.78 is 3.54. The van der Waals surface area contributed by atoms with Crippen molar-refractivity contribution in [3.05, 3.63) is 35.1 Å². The molecule has 8 heteroatoms. The van der Waals surface area contributed by atoms with E-state index in [0.717, 1.165) is 17.8 Å². The number of nitrogens with two attached hydrogens (primary N) is 1. The third-order valence-corrected chi connectivity index (χ3v) is 3.80. The van der Waals surface area contributed by atoms with Crippen LogP contribution in [0.5, 0.6) is 0 Å². The third-order valence-electron chi connectivity index (χ3n) is 3.80. The SMILES string of the molecule is CCn1ncc([C@@H]2C(C(N)=O)=C(C)Nc3ncnn32)c1C. The highest BCUT2D eigenvalue weighted by Crippen LogP contribution is 2.35. The molecule has 1 atom stereocenters. The van der Waals surface area contributed by atoms with Crippen molar-refractivity contribution < 1.29 is 4.79 Å². The molecular weight excluding hydrogens is 270 g/mol. The summed E-state index contributed by atoms with van der Waals surface area (Å²) in [7, 11) is 0. The molecule has 3 N–H and O–H groups in total. The number of carbonyl (C=O) groups is 1. The maximum Gasteiger partial charge on any atom is 0.248 e. The van der Waals surface area contributed by atoms with Crippen molar-refractivity contribution in [2.75, 3.05) is 5.32 Å². The molecule has 1 aliphatic heterocycles. The van der Waals surface area contributed by atoms with Crippen LogP contribution in [0.2, 0.25) is 0 Å². The first-order chi connectivity index (χ1) is 10.0. The standard InChI is InChI=1S/C13H17N7O/c1-4-19-8(3)9(5-16-19)11-10(12(14)21)7(2)18-13-15-6-17-20(11)13/h5-6,11H,4H2,1-3H3,(H2,14,21)(H,15,17,18)/t11-/m1/s1. The molecule has 1 aliphatic rings. The van der Waals surface area contributed by atoms with E-state index in [4.69, 9.17) is 5.73 Å². The Balaban J connectivity index is 2.22. The molecule has 21 heavy (non-hydrogen) atoms. The van der Waals surface area contributed by atoms with Crippen molar-refractivity contribution in [2.45, 2.75) is 33.4 Å². The van der Waals surface area contributed by atoms with Crippen molar-refractivity contribution in [3.63, 3.8) is 0 Å². The van der Waals surface area contributed by atoms with Gasteiger partial charge in [-0.2, -0.15) is 15.2 Å². The lowest BCUT2D eigenvalue weighted by Gasteiger charge is -2.27. The van der Waals surface area contributed by atoms with Gasteiger partial charge in [0.2, 0.25) is 11.9 Å². The molecule has 0 fully saturated rings. The lowest BCUT2D eigenvalue weighted by atomic mass is 9.96. The Kier molecular flexibility index (Phi) is 3.00. The van der Waals surface area contributed by atoms with Crippen LogP contribution in [0.15, 0.2) is 23.8 Å². The zero-order valence-electron chi connectivity index (χ0n) is 12.2. The molecule has 0 bridgehead atoms. The quantitative estimate of drug-likeness (QED) is 0.859. The number of rotatable bonds is 3. The molecule has 8 nitrogen and oxygen atoms in total. The predicted molar refractivity (Wildman–Crippen MR) is 76.3 cm³/mol. The van der Waals surface area contributed by atoms with E-state index in [-0.39, 0.29) is 0 Å². The monoisotopic (exact) mass is 287 g/mol. The summed E-state index contributed by atoms with van der Waals surface area (Å²) >= 11 is 0. The summed E-state index contributed by atoms with van der Waals surface area (Å²) in [6.07, 6.45) is 3.21. The first-order valence-electron chi connectivity index (χ1n) is 6.74. The van der Waals surface area contributed by atoms with Crippen LogP contribution in [-0.4, -0.2) is 30.5 Å². The van der Waals surface area contributed by atoms with Gasteiger partial charge in [-0.25, -0.2) is 4.68 Å². The maximum absolute atomic E-state index is 11.9. The molecule has 3 heterocycles. The highest BCUT2D eigenvalue weighted by atomic mass is 16.1. The molecule has 0 aliphatic carbocycles. The smallest absolute Gasteiger partial charge is 0.248 e. The Morgan fingerprint density at radius 1 is 1.43 bits per heavy atom. The van der Waals surface area contributed by atoms with Gasteiger partial charge >= 0.3 is 0 Å². The number of allylic oxidation sites excluding steroid dienone is 1. The van der Waals surface area contributed by atoms with E-state index < -0.39 is 11.9 Å². The second kappa shape index (κ2) is 4.72. The van der Waals surface area contributed by atoms with Gasteiger partial charge in [-0.05, 0) is 20.8 Å². The van der Waals surface area contributed by atoms with Crippen LogP contribution >= 0.6 is 0 Å². The van der Waals surface area contributed by atoms with Crippen LogP contribution in [0.3, 0.4) is 0 Å². The van der Waals surface area contributed by atoms with Gasteiger partial charge in [-0.15, -0.1) is 0 Å². The fraction of sp³-hybridized carbons (Fsp3) is 0.385. The summed E-state index contributed by atoms with van der Waals surface area (Å²) in [5.41, 5.74) is 8.63. The van der Waals surface area contributed by atoms with Crippen LogP contribution < -0.4 is 11.1 Å². The van der Waals surface area contributed by atoms with Crippen LogP contribution in [-0.2, 0) is 11.3 Å². The third kappa shape index (κ3) is 1.91. The molecule has 0 saturated carbocycles. The molecule has 0 aromatic carbocycles. The zero-order chi connectivity index (χ0) is 15.1. The van der Waals surface area contributed by atoms with E-state index in [1.165, 1.54) is 6.33 Å². The van der Waals surface area contributed by atoms with Crippen molar-refractivity contribution in [1.82, 2.24) is 24.5 Å². The van der Waals surface area contributed by atoms with Gasteiger partial charge in [0, 0.05) is 23.5 Å². The largest absolute Gasteiger partial charge is 0.366 e. The number of hydrogen-bond donors (Lipinski definition) is 2. The Morgan fingerprint density at radius 2 is 2.19 bits per heavy atom. The molecule has 2 aromatic rings. The summed E-state index contributed by atoms with van der Waals surface area (Å²) in [6.45, 7) is 6.56. The lowest BCUT2D eigenvalue weighted by molar-refractivity contribution is -0.115. The van der Waals surface area contributed by atoms with Gasteiger partial charge in [0.1, 0.15) is 12.4 Å². The van der Waals surface area contributed by atoms with Crippen molar-refractivity contribution in [2.24, 2.45) is 5.73 Å². The molecular formula is C13H17N7O. The average molecular weight is 287 g/mol. The Bertz CT molecular complexity index is 740. The van der Waals surface area contributed by atoms with Gasteiger partial charge in [-0.3, -0.25) is 9.48 Å². The minimum atomic E-state index is -0.477. The normalized spacial score (nSPS) is 17.6. The number of fused-ring (bicyclic) bond motifs is 1. The Labute approximate surface area is 121 Å². The van der Waals surface area contributed by atoms with Crippen LogP contribution in [0.25, 0.3) is 0 Å². The number of nitrogens with one attached hydrogen (secondary N) is 1. The number of anilines is 1. The number of aryl methyl sites for hydroxylation is 1. The van der Waals surface area contributed by atoms with Crippen LogP contribution in [0, 0.1) is 6.92 Å². The van der Waals surface area contributed by atoms with Gasteiger partial charge in [0.05, 0.1) is 11.8 Å². The van der Waals surface area contributed by atoms with Crippen molar-refractivity contribution >= 4 is 11.9 Å². The average Bonchev–Trinajstić information content (AvgIpc) is 3.03. The van der Waals surface area contributed by atoms with E-state index >= 15 is 0 Å². The van der Waals surface area contributed by atoms with E-state index in [9.17, 15) is 4.79 Å². The maximum atomic E-state index is 11.9. The number of carbonyl (C=O) groups excluding carboxylic acids is 1. The number of primary amides is 1. The highest BCUT2D eigenvalue weighted by Gasteiger charge is 2.34. The van der Waals surface area contributed by atoms with Gasteiger partial charge in [0.15, 0.2) is 0 Å². The molecule has 110 valence electrons. The first kappa shape index (κ1) is 13.3. The fourth-order valence-corrected chi connectivity index (χ4v) is 2.75. The van der Waals surface area contributed by atoms with Crippen LogP contribution in [0.4, 0.5) is 5.95 Å². The Morgan fingerprint density at radius 3 is 2.81 bits per heavy atom. The molecule has 1 amide bonds. The van der Waals surface area contributed by atoms with E-state index in [2.05, 4.69) is 20.5 Å². The summed E-state index contributed by atoms with van der Waals surface area (Å²) in [4.78, 5) is 16.1. The lowest BCUT2D eigenvalue weighted by Crippen LogP contribution is -2.32. The van der Waals surface area contributed by atoms with E-state index in [0.29, 0.717) is 17.2 Å². The molecule has 0 radical (unpaired) electrons. The molecule has 0 saturated heterocycles. The molecule has 0 unspecified atom stereocenters. The second-order valence-corrected chi connectivity index (χ2v) is 4.96. The second-order valence-electron chi connectivity index (χ2n) is 4.96. The topological polar surface area (TPSA) is 104 Å². The fourth-order valence-electron chi connectivity index (χ4n) is 2.75. The Hall–Kier alpha value is -2.64. The van der Waals surface area contributed by atoms with Crippen molar-refractivity contribution in [1.29, 1.82) is 0 Å². The van der Waals surface area contributed by atoms with Crippen molar-refractivity contribution in [3.8, 4) is 0 Å². The minimum absolute atomic E-state index is 0.401. The number of aromatic nitrogens is 5. The highest BCUT2D eigenvalue weighted by molar-refractivity contribution is 5.95. The minimum Gasteiger partial charge on any atom is -0.366 e. The van der Waals surface area contributed by atoms with E-state index in [1.54, 1.807) is 10.9 Å². The molecule has 0 spiro atoms. The van der Waals surface area contributed by atoms with Gasteiger partial charge < -0.3 is 11.1 Å². The number of amides is 1. The molecule has 2 aromatic heterocycles.